The molecule has 0 radical (unpaired) electrons. The van der Waals surface area contributed by atoms with Gasteiger partial charge in [0.05, 0.1) is 6.42 Å². The molecular weight excluding hydrogens is 134 g/mol. The van der Waals surface area contributed by atoms with Crippen molar-refractivity contribution in [1.29, 1.82) is 0 Å². The maximum Gasteiger partial charge on any atom is 0.239 e. The lowest BCUT2D eigenvalue weighted by Gasteiger charge is -2.04. The monoisotopic (exact) mass is 143 g/mol. The number of carbonyl (C=O) groups excluding carboxylic acids is 2. The largest absolute Gasteiger partial charge is 0.358 e. The van der Waals surface area contributed by atoms with Crippen molar-refractivity contribution >= 4 is 11.8 Å². The van der Waals surface area contributed by atoms with E-state index >= 15 is 0 Å². The minimum atomic E-state index is -0.405. The molecule has 10 heavy (non-hydrogen) atoms. The van der Waals surface area contributed by atoms with Gasteiger partial charge >= 0.3 is 0 Å². The summed E-state index contributed by atoms with van der Waals surface area (Å²) >= 11 is 0. The number of likely N-dealkylation sites (N-methyl/N-ethyl adjacent to an activating group) is 1. The number of rotatable bonds is 1. The van der Waals surface area contributed by atoms with Crippen LogP contribution >= 0.6 is 0 Å². The summed E-state index contributed by atoms with van der Waals surface area (Å²) in [5, 5.41) is 2.43. The number of carbonyl (C=O) groups is 2. The van der Waals surface area contributed by atoms with Gasteiger partial charge in [0, 0.05) is 7.05 Å². The van der Waals surface area contributed by atoms with Crippen molar-refractivity contribution in [3.63, 3.8) is 0 Å². The van der Waals surface area contributed by atoms with Gasteiger partial charge in [-0.25, -0.2) is 5.43 Å². The third kappa shape index (κ3) is 1.24. The number of hydrogen-bond donors (Lipinski definition) is 3. The van der Waals surface area contributed by atoms with Crippen LogP contribution in [0.15, 0.2) is 0 Å². The number of amides is 2. The average molecular weight is 143 g/mol. The Morgan fingerprint density at radius 2 is 2.50 bits per heavy atom. The smallest absolute Gasteiger partial charge is 0.239 e. The molecule has 1 unspecified atom stereocenters. The Balaban J connectivity index is 2.44. The molecule has 0 saturated carbocycles. The summed E-state index contributed by atoms with van der Waals surface area (Å²) < 4.78 is 0. The second-order valence-corrected chi connectivity index (χ2v) is 2.06. The molecule has 1 atom stereocenters. The molecule has 0 aromatic rings. The van der Waals surface area contributed by atoms with Gasteiger partial charge in [0.25, 0.3) is 0 Å². The standard InChI is InChI=1S/C5H9N3O2/c1-6-5(10)3-2-4(9)8-7-3/h3,7H,2H2,1H3,(H,6,10)(H,8,9). The van der Waals surface area contributed by atoms with Gasteiger partial charge in [-0.15, -0.1) is 0 Å². The van der Waals surface area contributed by atoms with Crippen LogP contribution in [0.2, 0.25) is 0 Å². The molecule has 1 saturated heterocycles. The lowest BCUT2D eigenvalue weighted by Crippen LogP contribution is -2.41. The first-order valence-corrected chi connectivity index (χ1v) is 3.00. The molecule has 0 spiro atoms. The molecule has 5 nitrogen and oxygen atoms in total. The highest BCUT2D eigenvalue weighted by Gasteiger charge is 2.26. The third-order valence-electron chi connectivity index (χ3n) is 1.34. The van der Waals surface area contributed by atoms with E-state index in [0.717, 1.165) is 0 Å². The molecule has 1 fully saturated rings. The zero-order chi connectivity index (χ0) is 7.56. The first kappa shape index (κ1) is 7.01. The Morgan fingerprint density at radius 3 is 2.90 bits per heavy atom. The number of nitrogens with one attached hydrogen (secondary N) is 3. The van der Waals surface area contributed by atoms with Gasteiger partial charge in [-0.3, -0.25) is 15.0 Å². The molecule has 1 heterocycles. The highest BCUT2D eigenvalue weighted by Crippen LogP contribution is 1.96. The zero-order valence-corrected chi connectivity index (χ0v) is 5.60. The first-order chi connectivity index (χ1) is 4.74. The Kier molecular flexibility index (Phi) is 1.86. The van der Waals surface area contributed by atoms with Crippen LogP contribution in [0.1, 0.15) is 6.42 Å². The fourth-order valence-electron chi connectivity index (χ4n) is 0.788. The van der Waals surface area contributed by atoms with Crippen LogP contribution in [0.4, 0.5) is 0 Å². The van der Waals surface area contributed by atoms with Gasteiger partial charge in [-0.1, -0.05) is 0 Å². The summed E-state index contributed by atoms with van der Waals surface area (Å²) in [5.41, 5.74) is 4.88. The summed E-state index contributed by atoms with van der Waals surface area (Å²) in [6.45, 7) is 0. The molecule has 1 rings (SSSR count). The number of hydrogen-bond acceptors (Lipinski definition) is 3. The van der Waals surface area contributed by atoms with E-state index < -0.39 is 6.04 Å². The normalized spacial score (nSPS) is 24.1. The van der Waals surface area contributed by atoms with E-state index in [1.54, 1.807) is 0 Å². The Morgan fingerprint density at radius 1 is 1.80 bits per heavy atom. The van der Waals surface area contributed by atoms with E-state index in [-0.39, 0.29) is 18.2 Å². The van der Waals surface area contributed by atoms with Crippen LogP contribution in [0.3, 0.4) is 0 Å². The average Bonchev–Trinajstić information content (AvgIpc) is 2.34. The maximum atomic E-state index is 10.8. The lowest BCUT2D eigenvalue weighted by atomic mass is 10.2. The zero-order valence-electron chi connectivity index (χ0n) is 5.60. The summed E-state index contributed by atoms with van der Waals surface area (Å²) in [4.78, 5) is 21.3. The molecular formula is C5H9N3O2. The van der Waals surface area contributed by atoms with E-state index in [2.05, 4.69) is 16.2 Å². The molecule has 0 aromatic heterocycles. The van der Waals surface area contributed by atoms with Gasteiger partial charge in [-0.2, -0.15) is 0 Å². The van der Waals surface area contributed by atoms with Crippen molar-refractivity contribution in [1.82, 2.24) is 16.2 Å². The first-order valence-electron chi connectivity index (χ1n) is 3.00. The molecule has 2 amide bonds. The lowest BCUT2D eigenvalue weighted by molar-refractivity contribution is -0.124. The molecule has 56 valence electrons. The van der Waals surface area contributed by atoms with Gasteiger partial charge in [0.1, 0.15) is 6.04 Å². The van der Waals surface area contributed by atoms with E-state index in [1.807, 2.05) is 0 Å². The van der Waals surface area contributed by atoms with Gasteiger partial charge in [-0.05, 0) is 0 Å². The predicted octanol–water partition coefficient (Wildman–Crippen LogP) is -1.87. The van der Waals surface area contributed by atoms with E-state index in [4.69, 9.17) is 0 Å². The SMILES string of the molecule is CNC(=O)C1CC(=O)NN1. The number of hydrazine groups is 1. The third-order valence-corrected chi connectivity index (χ3v) is 1.34. The van der Waals surface area contributed by atoms with Crippen LogP contribution in [-0.2, 0) is 9.59 Å². The molecule has 0 aromatic carbocycles. The quantitative estimate of drug-likeness (QED) is 0.402. The highest BCUT2D eigenvalue weighted by atomic mass is 16.2. The molecule has 0 aliphatic carbocycles. The fourth-order valence-corrected chi connectivity index (χ4v) is 0.788. The maximum absolute atomic E-state index is 10.8. The second kappa shape index (κ2) is 2.66. The Hall–Kier alpha value is -1.10. The van der Waals surface area contributed by atoms with Crippen LogP contribution in [0.5, 0.6) is 0 Å². The summed E-state index contributed by atoms with van der Waals surface area (Å²) in [7, 11) is 1.53. The molecule has 1 aliphatic rings. The second-order valence-electron chi connectivity index (χ2n) is 2.06. The van der Waals surface area contributed by atoms with Gasteiger partial charge in [0.2, 0.25) is 11.8 Å². The van der Waals surface area contributed by atoms with Crippen LogP contribution < -0.4 is 16.2 Å². The van der Waals surface area contributed by atoms with Crippen molar-refractivity contribution in [2.45, 2.75) is 12.5 Å². The van der Waals surface area contributed by atoms with E-state index in [1.165, 1.54) is 7.05 Å². The summed E-state index contributed by atoms with van der Waals surface area (Å²) in [6.07, 6.45) is 0.222. The van der Waals surface area contributed by atoms with Crippen molar-refractivity contribution in [3.05, 3.63) is 0 Å². The minimum Gasteiger partial charge on any atom is -0.358 e. The minimum absolute atomic E-state index is 0.145. The van der Waals surface area contributed by atoms with Crippen LogP contribution in [-0.4, -0.2) is 24.9 Å². The topological polar surface area (TPSA) is 70.2 Å². The highest BCUT2D eigenvalue weighted by molar-refractivity contribution is 5.90. The van der Waals surface area contributed by atoms with Gasteiger partial charge in [0.15, 0.2) is 0 Å². The molecule has 5 heteroatoms. The van der Waals surface area contributed by atoms with E-state index in [9.17, 15) is 9.59 Å². The summed E-state index contributed by atoms with van der Waals surface area (Å²) in [6, 6.07) is -0.405. The van der Waals surface area contributed by atoms with Crippen LogP contribution in [0.25, 0.3) is 0 Å². The Bertz CT molecular complexity index is 168. The Labute approximate surface area is 58.1 Å². The van der Waals surface area contributed by atoms with Crippen molar-refractivity contribution < 1.29 is 9.59 Å². The van der Waals surface area contributed by atoms with Gasteiger partial charge < -0.3 is 5.32 Å². The van der Waals surface area contributed by atoms with E-state index in [0.29, 0.717) is 0 Å². The molecule has 0 bridgehead atoms. The molecule has 1 aliphatic heterocycles. The fraction of sp³-hybridized carbons (Fsp3) is 0.600. The molecule has 3 N–H and O–H groups in total. The predicted molar refractivity (Wildman–Crippen MR) is 33.8 cm³/mol. The van der Waals surface area contributed by atoms with Crippen molar-refractivity contribution in [2.24, 2.45) is 0 Å². The van der Waals surface area contributed by atoms with Crippen molar-refractivity contribution in [3.8, 4) is 0 Å². The summed E-state index contributed by atoms with van der Waals surface area (Å²) in [5.74, 6) is -0.313. The van der Waals surface area contributed by atoms with Crippen molar-refractivity contribution in [2.75, 3.05) is 7.05 Å². The van der Waals surface area contributed by atoms with Crippen LogP contribution in [0, 0.1) is 0 Å².